The zero-order valence-corrected chi connectivity index (χ0v) is 9.04. The topological polar surface area (TPSA) is 77.0 Å². The minimum absolute atomic E-state index is 0.183. The Balaban J connectivity index is 2.10. The molecule has 1 heterocycles. The van der Waals surface area contributed by atoms with Gasteiger partial charge in [0.25, 0.3) is 0 Å². The van der Waals surface area contributed by atoms with Crippen LogP contribution >= 0.6 is 0 Å². The first-order valence-corrected chi connectivity index (χ1v) is 5.04. The standard InChI is InChI=1S/C11H14N4O/c1-15-7-13-14-11(15)10(12)6-8-2-4-9(16)5-3-8/h2-5,7,10,16H,6,12H2,1H3/t10-/m1/s1. The molecule has 0 spiro atoms. The highest BCUT2D eigenvalue weighted by atomic mass is 16.3. The number of aryl methyl sites for hydroxylation is 1. The van der Waals surface area contributed by atoms with Crippen LogP contribution in [0.25, 0.3) is 0 Å². The van der Waals surface area contributed by atoms with Crippen LogP contribution in [0, 0.1) is 0 Å². The van der Waals surface area contributed by atoms with E-state index >= 15 is 0 Å². The molecule has 3 N–H and O–H groups in total. The van der Waals surface area contributed by atoms with Gasteiger partial charge in [-0.25, -0.2) is 0 Å². The van der Waals surface area contributed by atoms with Crippen molar-refractivity contribution in [3.63, 3.8) is 0 Å². The first kappa shape index (κ1) is 10.6. The Morgan fingerprint density at radius 1 is 1.38 bits per heavy atom. The van der Waals surface area contributed by atoms with Gasteiger partial charge in [0.2, 0.25) is 0 Å². The fourth-order valence-electron chi connectivity index (χ4n) is 1.61. The number of aromatic nitrogens is 3. The van der Waals surface area contributed by atoms with Crippen LogP contribution in [-0.2, 0) is 13.5 Å². The van der Waals surface area contributed by atoms with Crippen molar-refractivity contribution in [1.29, 1.82) is 0 Å². The van der Waals surface area contributed by atoms with E-state index in [0.717, 1.165) is 11.4 Å². The summed E-state index contributed by atoms with van der Waals surface area (Å²) in [6, 6.07) is 6.83. The minimum atomic E-state index is -0.183. The highest BCUT2D eigenvalue weighted by Gasteiger charge is 2.12. The fraction of sp³-hybridized carbons (Fsp3) is 0.273. The SMILES string of the molecule is Cn1cnnc1[C@H](N)Cc1ccc(O)cc1. The highest BCUT2D eigenvalue weighted by Crippen LogP contribution is 2.16. The molecule has 1 aromatic heterocycles. The molecule has 2 aromatic rings. The molecule has 0 aliphatic heterocycles. The summed E-state index contributed by atoms with van der Waals surface area (Å²) < 4.78 is 1.81. The molecular formula is C11H14N4O. The van der Waals surface area contributed by atoms with Crippen LogP contribution in [0.4, 0.5) is 0 Å². The Hall–Kier alpha value is -1.88. The first-order chi connectivity index (χ1) is 7.66. The molecule has 1 aromatic carbocycles. The number of aromatic hydroxyl groups is 1. The van der Waals surface area contributed by atoms with Crippen molar-refractivity contribution in [3.05, 3.63) is 42.0 Å². The Kier molecular flexibility index (Phi) is 2.87. The maximum atomic E-state index is 9.16. The van der Waals surface area contributed by atoms with Gasteiger partial charge in [-0.2, -0.15) is 0 Å². The molecular weight excluding hydrogens is 204 g/mol. The van der Waals surface area contributed by atoms with Crippen LogP contribution in [0.1, 0.15) is 17.4 Å². The molecule has 0 aliphatic rings. The Morgan fingerprint density at radius 3 is 2.62 bits per heavy atom. The van der Waals surface area contributed by atoms with Gasteiger partial charge in [-0.05, 0) is 24.1 Å². The predicted molar refractivity (Wildman–Crippen MR) is 59.7 cm³/mol. The van der Waals surface area contributed by atoms with Gasteiger partial charge < -0.3 is 15.4 Å². The third-order valence-corrected chi connectivity index (χ3v) is 2.47. The molecule has 0 amide bonds. The minimum Gasteiger partial charge on any atom is -0.508 e. The largest absolute Gasteiger partial charge is 0.508 e. The third-order valence-electron chi connectivity index (χ3n) is 2.47. The maximum Gasteiger partial charge on any atom is 0.149 e. The summed E-state index contributed by atoms with van der Waals surface area (Å²) in [5.74, 6) is 1.02. The van der Waals surface area contributed by atoms with Crippen molar-refractivity contribution >= 4 is 0 Å². The zero-order chi connectivity index (χ0) is 11.5. The van der Waals surface area contributed by atoms with Crippen LogP contribution in [0.15, 0.2) is 30.6 Å². The monoisotopic (exact) mass is 218 g/mol. The Morgan fingerprint density at radius 2 is 2.06 bits per heavy atom. The number of hydrogen-bond donors (Lipinski definition) is 2. The summed E-state index contributed by atoms with van der Waals surface area (Å²) in [4.78, 5) is 0. The Bertz CT molecular complexity index is 463. The number of benzene rings is 1. The molecule has 16 heavy (non-hydrogen) atoms. The number of hydrogen-bond acceptors (Lipinski definition) is 4. The van der Waals surface area contributed by atoms with Crippen molar-refractivity contribution < 1.29 is 5.11 Å². The van der Waals surface area contributed by atoms with Crippen molar-refractivity contribution in [2.24, 2.45) is 12.8 Å². The molecule has 5 nitrogen and oxygen atoms in total. The van der Waals surface area contributed by atoms with E-state index in [0.29, 0.717) is 6.42 Å². The Labute approximate surface area is 93.5 Å². The summed E-state index contributed by atoms with van der Waals surface area (Å²) >= 11 is 0. The van der Waals surface area contributed by atoms with Crippen LogP contribution in [0.2, 0.25) is 0 Å². The summed E-state index contributed by atoms with van der Waals surface area (Å²) in [7, 11) is 1.87. The predicted octanol–water partition coefficient (Wildman–Crippen LogP) is 0.763. The maximum absolute atomic E-state index is 9.16. The van der Waals surface area contributed by atoms with E-state index < -0.39 is 0 Å². The van der Waals surface area contributed by atoms with Gasteiger partial charge >= 0.3 is 0 Å². The van der Waals surface area contributed by atoms with E-state index in [9.17, 15) is 0 Å². The average molecular weight is 218 g/mol. The molecule has 1 atom stereocenters. The molecule has 0 saturated carbocycles. The lowest BCUT2D eigenvalue weighted by molar-refractivity contribution is 0.475. The number of phenolic OH excluding ortho intramolecular Hbond substituents is 1. The van der Waals surface area contributed by atoms with Gasteiger partial charge in [0.15, 0.2) is 0 Å². The van der Waals surface area contributed by atoms with Crippen LogP contribution in [0.3, 0.4) is 0 Å². The summed E-state index contributed by atoms with van der Waals surface area (Å²) in [5.41, 5.74) is 7.09. The summed E-state index contributed by atoms with van der Waals surface area (Å²) in [6.45, 7) is 0. The molecule has 5 heteroatoms. The van der Waals surface area contributed by atoms with Crippen LogP contribution < -0.4 is 5.73 Å². The summed E-state index contributed by atoms with van der Waals surface area (Å²) in [5, 5.41) is 16.9. The first-order valence-electron chi connectivity index (χ1n) is 5.04. The lowest BCUT2D eigenvalue weighted by Gasteiger charge is -2.10. The fourth-order valence-corrected chi connectivity index (χ4v) is 1.61. The molecule has 2 rings (SSSR count). The van der Waals surface area contributed by atoms with Crippen molar-refractivity contribution in [1.82, 2.24) is 14.8 Å². The third kappa shape index (κ3) is 2.20. The number of nitrogens with zero attached hydrogens (tertiary/aromatic N) is 3. The number of rotatable bonds is 3. The highest BCUT2D eigenvalue weighted by molar-refractivity contribution is 5.26. The molecule has 0 bridgehead atoms. The van der Waals surface area contributed by atoms with Crippen molar-refractivity contribution in [3.8, 4) is 5.75 Å². The second-order valence-electron chi connectivity index (χ2n) is 3.78. The van der Waals surface area contributed by atoms with E-state index in [2.05, 4.69) is 10.2 Å². The van der Waals surface area contributed by atoms with E-state index in [-0.39, 0.29) is 11.8 Å². The molecule has 0 aliphatic carbocycles. The second kappa shape index (κ2) is 4.32. The normalized spacial score (nSPS) is 12.6. The molecule has 84 valence electrons. The van der Waals surface area contributed by atoms with E-state index in [4.69, 9.17) is 10.8 Å². The molecule has 0 saturated heterocycles. The lowest BCUT2D eigenvalue weighted by atomic mass is 10.1. The van der Waals surface area contributed by atoms with Crippen molar-refractivity contribution in [2.45, 2.75) is 12.5 Å². The molecule has 0 fully saturated rings. The number of phenols is 1. The molecule has 0 unspecified atom stereocenters. The van der Waals surface area contributed by atoms with E-state index in [1.807, 2.05) is 23.7 Å². The molecule has 0 radical (unpaired) electrons. The second-order valence-corrected chi connectivity index (χ2v) is 3.78. The smallest absolute Gasteiger partial charge is 0.149 e. The quantitative estimate of drug-likeness (QED) is 0.797. The van der Waals surface area contributed by atoms with Gasteiger partial charge in [0.05, 0.1) is 6.04 Å². The van der Waals surface area contributed by atoms with Crippen LogP contribution in [-0.4, -0.2) is 19.9 Å². The van der Waals surface area contributed by atoms with Gasteiger partial charge in [-0.1, -0.05) is 12.1 Å². The van der Waals surface area contributed by atoms with Gasteiger partial charge in [-0.3, -0.25) is 0 Å². The van der Waals surface area contributed by atoms with Gasteiger partial charge in [-0.15, -0.1) is 10.2 Å². The van der Waals surface area contributed by atoms with Crippen molar-refractivity contribution in [2.75, 3.05) is 0 Å². The average Bonchev–Trinajstić information content (AvgIpc) is 2.68. The summed E-state index contributed by atoms with van der Waals surface area (Å²) in [6.07, 6.45) is 2.30. The van der Waals surface area contributed by atoms with E-state index in [1.54, 1.807) is 18.5 Å². The van der Waals surface area contributed by atoms with Gasteiger partial charge in [0, 0.05) is 7.05 Å². The zero-order valence-electron chi connectivity index (χ0n) is 9.04. The number of nitrogens with two attached hydrogens (primary N) is 1. The van der Waals surface area contributed by atoms with Gasteiger partial charge in [0.1, 0.15) is 17.9 Å². The lowest BCUT2D eigenvalue weighted by Crippen LogP contribution is -2.17. The van der Waals surface area contributed by atoms with E-state index in [1.165, 1.54) is 0 Å². The van der Waals surface area contributed by atoms with Crippen LogP contribution in [0.5, 0.6) is 5.75 Å².